The third-order valence-electron chi connectivity index (χ3n) is 4.60. The first-order valence-electron chi connectivity index (χ1n) is 9.47. The lowest BCUT2D eigenvalue weighted by Crippen LogP contribution is -2.31. The Bertz CT molecular complexity index is 610. The molecule has 1 atom stereocenters. The Morgan fingerprint density at radius 3 is 2.77 bits per heavy atom. The third kappa shape index (κ3) is 6.33. The largest absolute Gasteiger partial charge is 0.381 e. The van der Waals surface area contributed by atoms with Gasteiger partial charge in [-0.15, -0.1) is 0 Å². The SMILES string of the molecule is Cc1c(NC(=O)NCCC[C@H]2CCOC2)cccc1C(=O)NCC(C)C. The van der Waals surface area contributed by atoms with Crippen molar-refractivity contribution >= 4 is 17.6 Å². The van der Waals surface area contributed by atoms with E-state index in [1.807, 2.05) is 13.0 Å². The van der Waals surface area contributed by atoms with Crippen LogP contribution in [-0.4, -0.2) is 38.2 Å². The molecule has 0 spiro atoms. The molecule has 0 radical (unpaired) electrons. The predicted octanol–water partition coefficient (Wildman–Crippen LogP) is 3.32. The second-order valence-electron chi connectivity index (χ2n) is 7.33. The van der Waals surface area contributed by atoms with Gasteiger partial charge in [0.05, 0.1) is 0 Å². The summed E-state index contributed by atoms with van der Waals surface area (Å²) in [5.41, 5.74) is 2.01. The third-order valence-corrected chi connectivity index (χ3v) is 4.60. The van der Waals surface area contributed by atoms with E-state index in [-0.39, 0.29) is 11.9 Å². The number of urea groups is 1. The molecule has 144 valence electrons. The maximum Gasteiger partial charge on any atom is 0.319 e. The smallest absolute Gasteiger partial charge is 0.319 e. The molecule has 26 heavy (non-hydrogen) atoms. The van der Waals surface area contributed by atoms with Gasteiger partial charge in [-0.1, -0.05) is 19.9 Å². The quantitative estimate of drug-likeness (QED) is 0.622. The standard InChI is InChI=1S/C20H31N3O3/c1-14(2)12-22-19(24)17-7-4-8-18(15(17)3)23-20(25)21-10-5-6-16-9-11-26-13-16/h4,7-8,14,16H,5-6,9-13H2,1-3H3,(H,22,24)(H2,21,23,25)/t16-/m0/s1. The molecular formula is C20H31N3O3. The first-order chi connectivity index (χ1) is 12.5. The minimum atomic E-state index is -0.240. The number of nitrogens with one attached hydrogen (secondary N) is 3. The number of rotatable bonds is 8. The first kappa shape index (κ1) is 20.2. The molecule has 0 aliphatic carbocycles. The van der Waals surface area contributed by atoms with Crippen LogP contribution in [0.25, 0.3) is 0 Å². The lowest BCUT2D eigenvalue weighted by molar-refractivity contribution is 0.0948. The molecule has 1 heterocycles. The second kappa shape index (κ2) is 10.2. The zero-order chi connectivity index (χ0) is 18.9. The van der Waals surface area contributed by atoms with Crippen molar-refractivity contribution in [3.63, 3.8) is 0 Å². The monoisotopic (exact) mass is 361 g/mol. The van der Waals surface area contributed by atoms with Gasteiger partial charge in [-0.3, -0.25) is 4.79 Å². The summed E-state index contributed by atoms with van der Waals surface area (Å²) in [6.07, 6.45) is 3.14. The molecule has 1 saturated heterocycles. The number of amides is 3. The highest BCUT2D eigenvalue weighted by atomic mass is 16.5. The van der Waals surface area contributed by atoms with E-state index in [0.717, 1.165) is 38.0 Å². The Labute approximate surface area is 156 Å². The van der Waals surface area contributed by atoms with Crippen LogP contribution in [0, 0.1) is 18.8 Å². The summed E-state index contributed by atoms with van der Waals surface area (Å²) in [5.74, 6) is 0.907. The van der Waals surface area contributed by atoms with Crippen LogP contribution in [0.3, 0.4) is 0 Å². The van der Waals surface area contributed by atoms with E-state index in [1.165, 1.54) is 0 Å². The Kier molecular flexibility index (Phi) is 7.91. The maximum atomic E-state index is 12.3. The number of hydrogen-bond donors (Lipinski definition) is 3. The summed E-state index contributed by atoms with van der Waals surface area (Å²) in [5, 5.41) is 8.63. The van der Waals surface area contributed by atoms with Crippen molar-refractivity contribution in [2.24, 2.45) is 11.8 Å². The van der Waals surface area contributed by atoms with Gasteiger partial charge >= 0.3 is 6.03 Å². The van der Waals surface area contributed by atoms with Gasteiger partial charge in [0.25, 0.3) is 5.91 Å². The minimum Gasteiger partial charge on any atom is -0.381 e. The summed E-state index contributed by atoms with van der Waals surface area (Å²) < 4.78 is 5.36. The van der Waals surface area contributed by atoms with E-state index >= 15 is 0 Å². The van der Waals surface area contributed by atoms with Gasteiger partial charge < -0.3 is 20.7 Å². The number of ether oxygens (including phenoxy) is 1. The molecule has 1 fully saturated rings. The van der Waals surface area contributed by atoms with E-state index in [2.05, 4.69) is 29.8 Å². The summed E-state index contributed by atoms with van der Waals surface area (Å²) in [6, 6.07) is 5.13. The fourth-order valence-electron chi connectivity index (χ4n) is 2.98. The topological polar surface area (TPSA) is 79.5 Å². The van der Waals surface area contributed by atoms with Crippen molar-refractivity contribution in [1.29, 1.82) is 0 Å². The average molecular weight is 361 g/mol. The molecule has 1 aromatic rings. The molecule has 0 bridgehead atoms. The molecule has 1 aliphatic rings. The van der Waals surface area contributed by atoms with E-state index in [0.29, 0.717) is 36.2 Å². The van der Waals surface area contributed by atoms with E-state index < -0.39 is 0 Å². The lowest BCUT2D eigenvalue weighted by Gasteiger charge is -2.14. The highest BCUT2D eigenvalue weighted by Gasteiger charge is 2.15. The first-order valence-corrected chi connectivity index (χ1v) is 9.47. The van der Waals surface area contributed by atoms with E-state index in [4.69, 9.17) is 4.74 Å². The van der Waals surface area contributed by atoms with Crippen molar-refractivity contribution in [2.45, 2.75) is 40.0 Å². The van der Waals surface area contributed by atoms with Crippen LogP contribution in [0.4, 0.5) is 10.5 Å². The number of carbonyl (C=O) groups is 2. The summed E-state index contributed by atoms with van der Waals surface area (Å²) >= 11 is 0. The molecule has 3 N–H and O–H groups in total. The van der Waals surface area contributed by atoms with Gasteiger partial charge in [0.15, 0.2) is 0 Å². The van der Waals surface area contributed by atoms with Crippen molar-refractivity contribution in [3.8, 4) is 0 Å². The highest BCUT2D eigenvalue weighted by molar-refractivity contribution is 5.99. The molecule has 0 saturated carbocycles. The molecule has 1 aliphatic heterocycles. The minimum absolute atomic E-state index is 0.112. The fourth-order valence-corrected chi connectivity index (χ4v) is 2.98. The van der Waals surface area contributed by atoms with Gasteiger partial charge in [-0.25, -0.2) is 4.79 Å². The van der Waals surface area contributed by atoms with E-state index in [1.54, 1.807) is 12.1 Å². The molecule has 6 heteroatoms. The molecule has 3 amide bonds. The molecule has 2 rings (SSSR count). The van der Waals surface area contributed by atoms with Gasteiger partial charge in [-0.2, -0.15) is 0 Å². The number of benzene rings is 1. The number of anilines is 1. The van der Waals surface area contributed by atoms with Crippen LogP contribution in [-0.2, 0) is 4.74 Å². The van der Waals surface area contributed by atoms with Gasteiger partial charge in [0.1, 0.15) is 0 Å². The van der Waals surface area contributed by atoms with Crippen molar-refractivity contribution in [2.75, 3.05) is 31.6 Å². The molecular weight excluding hydrogens is 330 g/mol. The van der Waals surface area contributed by atoms with Crippen LogP contribution in [0.2, 0.25) is 0 Å². The Hall–Kier alpha value is -2.08. The lowest BCUT2D eigenvalue weighted by atomic mass is 10.0. The van der Waals surface area contributed by atoms with E-state index in [9.17, 15) is 9.59 Å². The predicted molar refractivity (Wildman–Crippen MR) is 104 cm³/mol. The molecule has 1 aromatic carbocycles. The summed E-state index contributed by atoms with van der Waals surface area (Å²) in [6.45, 7) is 8.92. The Morgan fingerprint density at radius 2 is 2.08 bits per heavy atom. The summed E-state index contributed by atoms with van der Waals surface area (Å²) in [4.78, 5) is 24.4. The van der Waals surface area contributed by atoms with Gasteiger partial charge in [0.2, 0.25) is 0 Å². The normalized spacial score (nSPS) is 16.5. The zero-order valence-corrected chi connectivity index (χ0v) is 16.1. The zero-order valence-electron chi connectivity index (χ0n) is 16.1. The van der Waals surface area contributed by atoms with Crippen LogP contribution in [0.5, 0.6) is 0 Å². The highest BCUT2D eigenvalue weighted by Crippen LogP contribution is 2.19. The van der Waals surface area contributed by atoms with Gasteiger partial charge in [-0.05, 0) is 55.7 Å². The van der Waals surface area contributed by atoms with Crippen molar-refractivity contribution in [3.05, 3.63) is 29.3 Å². The average Bonchev–Trinajstić information content (AvgIpc) is 3.12. The van der Waals surface area contributed by atoms with Gasteiger partial charge in [0, 0.05) is 37.6 Å². The van der Waals surface area contributed by atoms with Crippen LogP contribution < -0.4 is 16.0 Å². The second-order valence-corrected chi connectivity index (χ2v) is 7.33. The van der Waals surface area contributed by atoms with Crippen LogP contribution >= 0.6 is 0 Å². The Morgan fingerprint density at radius 1 is 1.27 bits per heavy atom. The molecule has 6 nitrogen and oxygen atoms in total. The van der Waals surface area contributed by atoms with Crippen molar-refractivity contribution < 1.29 is 14.3 Å². The number of hydrogen-bond acceptors (Lipinski definition) is 3. The molecule has 0 unspecified atom stereocenters. The van der Waals surface area contributed by atoms with Crippen molar-refractivity contribution in [1.82, 2.24) is 10.6 Å². The maximum absolute atomic E-state index is 12.3. The fraction of sp³-hybridized carbons (Fsp3) is 0.600. The summed E-state index contributed by atoms with van der Waals surface area (Å²) in [7, 11) is 0. The Balaban J connectivity index is 1.81. The molecule has 0 aromatic heterocycles. The van der Waals surface area contributed by atoms with Crippen LogP contribution in [0.1, 0.15) is 49.0 Å². The number of carbonyl (C=O) groups excluding carboxylic acids is 2. The van der Waals surface area contributed by atoms with Crippen LogP contribution in [0.15, 0.2) is 18.2 Å².